The molecule has 2 aliphatic heterocycles. The lowest BCUT2D eigenvalue weighted by molar-refractivity contribution is -0.147. The zero-order valence-electron chi connectivity index (χ0n) is 10.3. The van der Waals surface area contributed by atoms with Crippen LogP contribution in [0.1, 0.15) is 25.7 Å². The van der Waals surface area contributed by atoms with Gasteiger partial charge in [-0.25, -0.2) is 0 Å². The minimum atomic E-state index is -0.0450. The fourth-order valence-corrected chi connectivity index (χ4v) is 2.94. The molecule has 2 fully saturated rings. The molecule has 16 heavy (non-hydrogen) atoms. The Kier molecular flexibility index (Phi) is 3.82. The van der Waals surface area contributed by atoms with Gasteiger partial charge in [-0.3, -0.25) is 9.69 Å². The van der Waals surface area contributed by atoms with Crippen LogP contribution in [0, 0.1) is 0 Å². The fourth-order valence-electron chi connectivity index (χ4n) is 2.94. The maximum absolute atomic E-state index is 11.7. The van der Waals surface area contributed by atoms with E-state index in [-0.39, 0.29) is 12.0 Å². The Hall–Kier alpha value is -0.610. The molecular formula is C12H22N2O2. The second kappa shape index (κ2) is 5.15. The van der Waals surface area contributed by atoms with Gasteiger partial charge < -0.3 is 9.64 Å². The van der Waals surface area contributed by atoms with E-state index in [0.29, 0.717) is 6.04 Å². The van der Waals surface area contributed by atoms with Crippen LogP contribution in [0.25, 0.3) is 0 Å². The second-order valence-corrected chi connectivity index (χ2v) is 4.95. The number of likely N-dealkylation sites (tertiary alicyclic amines) is 2. The summed E-state index contributed by atoms with van der Waals surface area (Å²) in [5.74, 6) is -0.0450. The molecule has 4 heteroatoms. The van der Waals surface area contributed by atoms with Gasteiger partial charge in [-0.15, -0.1) is 0 Å². The zero-order chi connectivity index (χ0) is 11.5. The van der Waals surface area contributed by atoms with E-state index < -0.39 is 0 Å². The van der Waals surface area contributed by atoms with Crippen molar-refractivity contribution in [1.29, 1.82) is 0 Å². The number of nitrogens with zero attached hydrogens (tertiary/aromatic N) is 2. The number of methoxy groups -OCH3 is 1. The van der Waals surface area contributed by atoms with E-state index in [0.717, 1.165) is 32.5 Å². The lowest BCUT2D eigenvalue weighted by Gasteiger charge is -2.37. The van der Waals surface area contributed by atoms with Crippen LogP contribution in [0.3, 0.4) is 0 Å². The van der Waals surface area contributed by atoms with Gasteiger partial charge >= 0.3 is 5.97 Å². The predicted octanol–water partition coefficient (Wildman–Crippen LogP) is 0.718. The molecule has 0 N–H and O–H groups in total. The standard InChI is InChI=1S/C12H22N2O2/c1-13-8-5-10(6-9-13)14-7-3-4-11(14)12(15)16-2/h10-11H,3-9H2,1-2H3/t11-/m1/s1. The Bertz CT molecular complexity index is 249. The van der Waals surface area contributed by atoms with Crippen LogP contribution < -0.4 is 0 Å². The van der Waals surface area contributed by atoms with Gasteiger partial charge in [0.1, 0.15) is 6.04 Å². The van der Waals surface area contributed by atoms with E-state index in [1.807, 2.05) is 0 Å². The van der Waals surface area contributed by atoms with Crippen LogP contribution in [0.2, 0.25) is 0 Å². The van der Waals surface area contributed by atoms with Gasteiger partial charge in [-0.2, -0.15) is 0 Å². The largest absolute Gasteiger partial charge is 0.468 e. The summed E-state index contributed by atoms with van der Waals surface area (Å²) in [7, 11) is 3.66. The van der Waals surface area contributed by atoms with Crippen molar-refractivity contribution in [2.75, 3.05) is 33.8 Å². The van der Waals surface area contributed by atoms with Gasteiger partial charge in [0.2, 0.25) is 0 Å². The zero-order valence-corrected chi connectivity index (χ0v) is 10.3. The van der Waals surface area contributed by atoms with E-state index in [1.165, 1.54) is 20.0 Å². The molecule has 0 spiro atoms. The topological polar surface area (TPSA) is 32.8 Å². The summed E-state index contributed by atoms with van der Waals surface area (Å²) in [6, 6.07) is 0.612. The summed E-state index contributed by atoms with van der Waals surface area (Å²) < 4.78 is 4.89. The molecule has 92 valence electrons. The van der Waals surface area contributed by atoms with Gasteiger partial charge in [0, 0.05) is 6.04 Å². The molecule has 0 aromatic rings. The molecule has 0 saturated carbocycles. The Morgan fingerprint density at radius 2 is 1.88 bits per heavy atom. The maximum atomic E-state index is 11.7. The van der Waals surface area contributed by atoms with Crippen molar-refractivity contribution in [3.05, 3.63) is 0 Å². The first-order valence-electron chi connectivity index (χ1n) is 6.24. The maximum Gasteiger partial charge on any atom is 0.323 e. The molecule has 0 amide bonds. The summed E-state index contributed by atoms with van der Waals surface area (Å²) in [4.78, 5) is 16.4. The quantitative estimate of drug-likeness (QED) is 0.650. The van der Waals surface area contributed by atoms with Crippen LogP contribution in [0.5, 0.6) is 0 Å². The Morgan fingerprint density at radius 1 is 1.19 bits per heavy atom. The summed E-state index contributed by atoms with van der Waals surface area (Å²) in [6.45, 7) is 3.36. The number of hydrogen-bond donors (Lipinski definition) is 0. The molecule has 4 nitrogen and oxygen atoms in total. The first kappa shape index (κ1) is 11.9. The first-order chi connectivity index (χ1) is 7.72. The number of piperidine rings is 1. The fraction of sp³-hybridized carbons (Fsp3) is 0.917. The minimum absolute atomic E-state index is 0.0263. The molecule has 2 saturated heterocycles. The Morgan fingerprint density at radius 3 is 2.50 bits per heavy atom. The highest BCUT2D eigenvalue weighted by molar-refractivity contribution is 5.76. The third-order valence-electron chi connectivity index (χ3n) is 3.92. The van der Waals surface area contributed by atoms with Gasteiger partial charge in [-0.05, 0) is 52.4 Å². The number of carbonyl (C=O) groups is 1. The molecule has 0 bridgehead atoms. The monoisotopic (exact) mass is 226 g/mol. The SMILES string of the molecule is COC(=O)[C@H]1CCCN1C1CCN(C)CC1. The number of esters is 1. The molecule has 0 radical (unpaired) electrons. The van der Waals surface area contributed by atoms with E-state index in [2.05, 4.69) is 16.8 Å². The molecule has 2 heterocycles. The number of carbonyl (C=O) groups excluding carboxylic acids is 1. The van der Waals surface area contributed by atoms with Crippen molar-refractivity contribution in [3.63, 3.8) is 0 Å². The third-order valence-corrected chi connectivity index (χ3v) is 3.92. The van der Waals surface area contributed by atoms with Crippen LogP contribution in [-0.4, -0.2) is 61.6 Å². The van der Waals surface area contributed by atoms with E-state index in [1.54, 1.807) is 0 Å². The van der Waals surface area contributed by atoms with Gasteiger partial charge in [0.15, 0.2) is 0 Å². The van der Waals surface area contributed by atoms with Crippen molar-refractivity contribution in [2.24, 2.45) is 0 Å². The average molecular weight is 226 g/mol. The Labute approximate surface area is 97.5 Å². The third kappa shape index (κ3) is 2.38. The molecular weight excluding hydrogens is 204 g/mol. The smallest absolute Gasteiger partial charge is 0.323 e. The van der Waals surface area contributed by atoms with E-state index in [9.17, 15) is 4.79 Å². The highest BCUT2D eigenvalue weighted by atomic mass is 16.5. The van der Waals surface area contributed by atoms with Crippen molar-refractivity contribution in [1.82, 2.24) is 9.80 Å². The van der Waals surface area contributed by atoms with Crippen LogP contribution in [-0.2, 0) is 9.53 Å². The highest BCUT2D eigenvalue weighted by Gasteiger charge is 2.36. The molecule has 0 unspecified atom stereocenters. The lowest BCUT2D eigenvalue weighted by Crippen LogP contribution is -2.48. The summed E-state index contributed by atoms with van der Waals surface area (Å²) in [6.07, 6.45) is 4.47. The normalized spacial score (nSPS) is 29.5. The van der Waals surface area contributed by atoms with E-state index in [4.69, 9.17) is 4.74 Å². The summed E-state index contributed by atoms with van der Waals surface area (Å²) in [5.41, 5.74) is 0. The van der Waals surface area contributed by atoms with Crippen molar-refractivity contribution >= 4 is 5.97 Å². The van der Waals surface area contributed by atoms with Crippen molar-refractivity contribution < 1.29 is 9.53 Å². The average Bonchev–Trinajstić information content (AvgIpc) is 2.78. The molecule has 1 atom stereocenters. The predicted molar refractivity (Wildman–Crippen MR) is 62.3 cm³/mol. The number of rotatable bonds is 2. The van der Waals surface area contributed by atoms with E-state index >= 15 is 0 Å². The lowest BCUT2D eigenvalue weighted by atomic mass is 10.0. The number of hydrogen-bond acceptors (Lipinski definition) is 4. The highest BCUT2D eigenvalue weighted by Crippen LogP contribution is 2.26. The summed E-state index contributed by atoms with van der Waals surface area (Å²) in [5, 5.41) is 0. The molecule has 0 aromatic heterocycles. The van der Waals surface area contributed by atoms with Crippen LogP contribution >= 0.6 is 0 Å². The van der Waals surface area contributed by atoms with Crippen molar-refractivity contribution in [2.45, 2.75) is 37.8 Å². The molecule has 2 aliphatic rings. The molecule has 0 aliphatic carbocycles. The van der Waals surface area contributed by atoms with Gasteiger partial charge in [-0.1, -0.05) is 0 Å². The van der Waals surface area contributed by atoms with Gasteiger partial charge in [0.05, 0.1) is 7.11 Å². The first-order valence-corrected chi connectivity index (χ1v) is 6.24. The van der Waals surface area contributed by atoms with Crippen molar-refractivity contribution in [3.8, 4) is 0 Å². The van der Waals surface area contributed by atoms with Crippen LogP contribution in [0.15, 0.2) is 0 Å². The molecule has 0 aromatic carbocycles. The number of ether oxygens (including phenoxy) is 1. The minimum Gasteiger partial charge on any atom is -0.468 e. The Balaban J connectivity index is 1.94. The second-order valence-electron chi connectivity index (χ2n) is 4.95. The van der Waals surface area contributed by atoms with Crippen LogP contribution in [0.4, 0.5) is 0 Å². The molecule has 2 rings (SSSR count). The summed E-state index contributed by atoms with van der Waals surface area (Å²) >= 11 is 0. The van der Waals surface area contributed by atoms with Gasteiger partial charge in [0.25, 0.3) is 0 Å².